The number of ketones is 2. The first-order valence-electron chi connectivity index (χ1n) is 9.46. The van der Waals surface area contributed by atoms with Gasteiger partial charge in [0.1, 0.15) is 11.6 Å². The van der Waals surface area contributed by atoms with Crippen LogP contribution in [0.1, 0.15) is 31.9 Å². The Bertz CT molecular complexity index is 975. The minimum Gasteiger partial charge on any atom is -0.311 e. The molecule has 6 heteroatoms. The van der Waals surface area contributed by atoms with Crippen molar-refractivity contribution < 1.29 is 23.2 Å². The van der Waals surface area contributed by atoms with Crippen LogP contribution in [0.5, 0.6) is 0 Å². The number of carbonyl (C=O) groups excluding carboxylic acids is 2. The Hall–Kier alpha value is -2.85. The molecule has 0 aliphatic heterocycles. The second-order valence-corrected chi connectivity index (χ2v) is 9.07. The molecule has 0 aliphatic carbocycles. The molecule has 0 amide bonds. The van der Waals surface area contributed by atoms with Crippen LogP contribution in [0.2, 0.25) is 0 Å². The van der Waals surface area contributed by atoms with Crippen LogP contribution in [0.4, 0.5) is 0 Å². The summed E-state index contributed by atoms with van der Waals surface area (Å²) in [6.07, 6.45) is 0. The molecule has 5 nitrogen and oxygen atoms in total. The summed E-state index contributed by atoms with van der Waals surface area (Å²) in [7, 11) is -1.34. The first-order valence-corrected chi connectivity index (χ1v) is 11.1. The molecule has 0 bridgehead atoms. The topological polar surface area (TPSA) is 69.7 Å². The predicted octanol–water partition coefficient (Wildman–Crippen LogP) is 5.60. The highest BCUT2D eigenvalue weighted by atomic mass is 31.2. The van der Waals surface area contributed by atoms with Gasteiger partial charge in [-0.1, -0.05) is 91.0 Å². The van der Waals surface area contributed by atoms with E-state index in [4.69, 9.17) is 9.05 Å². The summed E-state index contributed by atoms with van der Waals surface area (Å²) < 4.78 is 24.2. The van der Waals surface area contributed by atoms with E-state index in [2.05, 4.69) is 0 Å². The smallest absolute Gasteiger partial charge is 0.311 e. The zero-order chi connectivity index (χ0) is 21.6. The Morgan fingerprint density at radius 2 is 1.03 bits per heavy atom. The number of carbonyl (C=O) groups is 2. The molecule has 0 fully saturated rings. The van der Waals surface area contributed by atoms with Crippen molar-refractivity contribution in [1.82, 2.24) is 0 Å². The molecule has 1 atom stereocenters. The predicted molar refractivity (Wildman–Crippen MR) is 116 cm³/mol. The van der Waals surface area contributed by atoms with E-state index in [9.17, 15) is 14.2 Å². The van der Waals surface area contributed by atoms with Crippen molar-refractivity contribution >= 4 is 19.2 Å². The van der Waals surface area contributed by atoms with Crippen molar-refractivity contribution in [2.24, 2.45) is 5.92 Å². The lowest BCUT2D eigenvalue weighted by atomic mass is 9.84. The zero-order valence-corrected chi connectivity index (χ0v) is 17.7. The molecule has 0 aliphatic rings. The largest absolute Gasteiger partial charge is 0.338 e. The fraction of sp³-hybridized carbons (Fsp3) is 0.167. The van der Waals surface area contributed by atoms with Crippen LogP contribution in [-0.4, -0.2) is 25.8 Å². The molecule has 3 aromatic carbocycles. The zero-order valence-electron chi connectivity index (χ0n) is 16.8. The number of benzene rings is 3. The van der Waals surface area contributed by atoms with Crippen molar-refractivity contribution in [1.29, 1.82) is 0 Å². The Balaban J connectivity index is 2.23. The molecule has 154 valence electrons. The standard InChI is InChI=1S/C24H23O5P/c1-28-30(27,29-2)24(20-16-10-5-11-17-20)21(22(25)18-12-6-3-7-13-18)23(26)19-14-8-4-9-15-19/h3-17,21,24H,1-2H3. The summed E-state index contributed by atoms with van der Waals surface area (Å²) in [4.78, 5) is 27.2. The van der Waals surface area contributed by atoms with Gasteiger partial charge in [0.05, 0.1) is 0 Å². The average Bonchev–Trinajstić information content (AvgIpc) is 2.83. The highest BCUT2D eigenvalue weighted by molar-refractivity contribution is 7.54. The van der Waals surface area contributed by atoms with E-state index >= 15 is 0 Å². The van der Waals surface area contributed by atoms with E-state index in [0.29, 0.717) is 16.7 Å². The van der Waals surface area contributed by atoms with Gasteiger partial charge in [0.25, 0.3) is 0 Å². The second kappa shape index (κ2) is 9.77. The first kappa shape index (κ1) is 21.8. The molecule has 0 heterocycles. The number of hydrogen-bond donors (Lipinski definition) is 0. The van der Waals surface area contributed by atoms with E-state index < -0.39 is 30.7 Å². The summed E-state index contributed by atoms with van der Waals surface area (Å²) in [5.74, 6) is -2.16. The Morgan fingerprint density at radius 3 is 1.40 bits per heavy atom. The molecule has 0 saturated carbocycles. The molecule has 0 N–H and O–H groups in total. The average molecular weight is 422 g/mol. The Kier molecular flexibility index (Phi) is 7.11. The van der Waals surface area contributed by atoms with Crippen molar-refractivity contribution in [3.05, 3.63) is 108 Å². The lowest BCUT2D eigenvalue weighted by Gasteiger charge is -2.30. The van der Waals surface area contributed by atoms with E-state index in [-0.39, 0.29) is 0 Å². The molecule has 3 aromatic rings. The van der Waals surface area contributed by atoms with E-state index in [1.165, 1.54) is 14.2 Å². The van der Waals surface area contributed by atoms with E-state index in [1.807, 2.05) is 0 Å². The van der Waals surface area contributed by atoms with Crippen LogP contribution in [0, 0.1) is 5.92 Å². The van der Waals surface area contributed by atoms with Crippen molar-refractivity contribution in [3.8, 4) is 0 Å². The second-order valence-electron chi connectivity index (χ2n) is 6.70. The SMILES string of the molecule is COP(=O)(OC)C(c1ccccc1)C(C(=O)c1ccccc1)C(=O)c1ccccc1. The monoisotopic (exact) mass is 422 g/mol. The van der Waals surface area contributed by atoms with Gasteiger partial charge < -0.3 is 9.05 Å². The highest BCUT2D eigenvalue weighted by Crippen LogP contribution is 2.63. The highest BCUT2D eigenvalue weighted by Gasteiger charge is 2.48. The number of hydrogen-bond acceptors (Lipinski definition) is 5. The van der Waals surface area contributed by atoms with E-state index in [1.54, 1.807) is 91.0 Å². The Labute approximate surface area is 176 Å². The van der Waals surface area contributed by atoms with Crippen LogP contribution in [-0.2, 0) is 13.6 Å². The molecule has 30 heavy (non-hydrogen) atoms. The van der Waals surface area contributed by atoms with Gasteiger partial charge in [-0.3, -0.25) is 14.2 Å². The third-order valence-corrected chi connectivity index (χ3v) is 7.28. The molecule has 0 saturated heterocycles. The van der Waals surface area contributed by atoms with Crippen molar-refractivity contribution in [3.63, 3.8) is 0 Å². The van der Waals surface area contributed by atoms with Gasteiger partial charge in [-0.05, 0) is 5.56 Å². The van der Waals surface area contributed by atoms with Gasteiger partial charge in [0.2, 0.25) is 0 Å². The van der Waals surface area contributed by atoms with Crippen molar-refractivity contribution in [2.75, 3.05) is 14.2 Å². The Morgan fingerprint density at radius 1 is 0.667 bits per heavy atom. The van der Waals surface area contributed by atoms with Gasteiger partial charge in [-0.25, -0.2) is 0 Å². The van der Waals surface area contributed by atoms with Gasteiger partial charge in [-0.15, -0.1) is 0 Å². The van der Waals surface area contributed by atoms with Gasteiger partial charge in [0, 0.05) is 25.3 Å². The number of rotatable bonds is 9. The lowest BCUT2D eigenvalue weighted by molar-refractivity contribution is 0.0790. The molecular formula is C24H23O5P. The maximum Gasteiger partial charge on any atom is 0.338 e. The van der Waals surface area contributed by atoms with Crippen molar-refractivity contribution in [2.45, 2.75) is 5.66 Å². The molecule has 0 spiro atoms. The van der Waals surface area contributed by atoms with Gasteiger partial charge >= 0.3 is 7.60 Å². The summed E-state index contributed by atoms with van der Waals surface area (Å²) in [5.41, 5.74) is 0.134. The molecule has 3 rings (SSSR count). The van der Waals surface area contributed by atoms with Crippen LogP contribution < -0.4 is 0 Å². The third kappa shape index (κ3) is 4.49. The normalized spacial score (nSPS) is 12.5. The van der Waals surface area contributed by atoms with Crippen LogP contribution in [0.25, 0.3) is 0 Å². The molecule has 1 unspecified atom stereocenters. The maximum absolute atomic E-state index is 13.6. The first-order chi connectivity index (χ1) is 14.5. The van der Waals surface area contributed by atoms with Gasteiger partial charge in [-0.2, -0.15) is 0 Å². The minimum atomic E-state index is -3.86. The molecule has 0 radical (unpaired) electrons. The quantitative estimate of drug-likeness (QED) is 0.255. The maximum atomic E-state index is 13.6. The van der Waals surface area contributed by atoms with Crippen LogP contribution in [0.3, 0.4) is 0 Å². The number of Topliss-reactive ketones (excluding diaryl/α,β-unsaturated/α-hetero) is 2. The molecular weight excluding hydrogens is 399 g/mol. The van der Waals surface area contributed by atoms with Crippen LogP contribution >= 0.6 is 7.60 Å². The van der Waals surface area contributed by atoms with E-state index in [0.717, 1.165) is 0 Å². The summed E-state index contributed by atoms with van der Waals surface area (Å²) >= 11 is 0. The van der Waals surface area contributed by atoms with Gasteiger partial charge in [0.15, 0.2) is 11.6 Å². The fourth-order valence-corrected chi connectivity index (χ4v) is 5.26. The molecule has 0 aromatic heterocycles. The minimum absolute atomic E-state index is 0.353. The summed E-state index contributed by atoms with van der Waals surface area (Å²) in [5, 5.41) is 0. The lowest BCUT2D eigenvalue weighted by Crippen LogP contribution is -2.31. The fourth-order valence-electron chi connectivity index (χ4n) is 3.48. The third-order valence-electron chi connectivity index (χ3n) is 4.99. The van der Waals surface area contributed by atoms with Crippen LogP contribution in [0.15, 0.2) is 91.0 Å². The summed E-state index contributed by atoms with van der Waals surface area (Å²) in [6.45, 7) is 0. The summed E-state index contributed by atoms with van der Waals surface area (Å²) in [6, 6.07) is 25.8.